The minimum absolute atomic E-state index is 0.405. The lowest BCUT2D eigenvalue weighted by molar-refractivity contribution is -0.119. The second-order valence-corrected chi connectivity index (χ2v) is 10.8. The standard InChI is InChI=1S/C32H28N4O3S/c1-21-11-13-23(14-12-21)28-20-40-32(34-28)35-29(37)19-39-31(38)30-24-9-5-6-10-26(24)33-27-15-16-36(18-25(27)30)17-22-7-3-2-4-8-22/h2-14,20H,15-19H2,1H3,(H,34,35,37). The number of aromatic nitrogens is 2. The second-order valence-electron chi connectivity index (χ2n) is 9.90. The SMILES string of the molecule is Cc1ccc(-c2csc(NC(=O)COC(=O)c3c4c(nc5ccccc35)CCN(Cc3ccccc3)C4)n2)cc1. The van der Waals surface area contributed by atoms with E-state index in [2.05, 4.69) is 27.3 Å². The smallest absolute Gasteiger partial charge is 0.339 e. The summed E-state index contributed by atoms with van der Waals surface area (Å²) in [4.78, 5) is 37.9. The van der Waals surface area contributed by atoms with Gasteiger partial charge in [-0.05, 0) is 18.6 Å². The van der Waals surface area contributed by atoms with Crippen molar-refractivity contribution in [2.75, 3.05) is 18.5 Å². The third-order valence-corrected chi connectivity index (χ3v) is 7.77. The molecule has 40 heavy (non-hydrogen) atoms. The van der Waals surface area contributed by atoms with E-state index in [-0.39, 0.29) is 0 Å². The fraction of sp³-hybridized carbons (Fsp3) is 0.188. The molecule has 3 heterocycles. The van der Waals surface area contributed by atoms with Crippen LogP contribution in [0.1, 0.15) is 32.7 Å². The number of amides is 1. The molecule has 7 nitrogen and oxygen atoms in total. The summed E-state index contributed by atoms with van der Waals surface area (Å²) in [6, 6.07) is 25.9. The highest BCUT2D eigenvalue weighted by Crippen LogP contribution is 2.30. The number of thiazole rings is 1. The number of hydrogen-bond donors (Lipinski definition) is 1. The molecule has 0 saturated carbocycles. The van der Waals surface area contributed by atoms with Crippen molar-refractivity contribution >= 4 is 39.2 Å². The summed E-state index contributed by atoms with van der Waals surface area (Å²) >= 11 is 1.33. The zero-order valence-corrected chi connectivity index (χ0v) is 22.9. The van der Waals surface area contributed by atoms with Crippen LogP contribution >= 0.6 is 11.3 Å². The van der Waals surface area contributed by atoms with Gasteiger partial charge in [0, 0.05) is 53.6 Å². The largest absolute Gasteiger partial charge is 0.452 e. The molecule has 2 aromatic heterocycles. The number of aryl methyl sites for hydroxylation is 1. The van der Waals surface area contributed by atoms with Crippen molar-refractivity contribution in [1.29, 1.82) is 0 Å². The number of rotatable bonds is 7. The molecule has 1 N–H and O–H groups in total. The molecule has 0 fully saturated rings. The van der Waals surface area contributed by atoms with E-state index in [9.17, 15) is 9.59 Å². The molecule has 0 spiro atoms. The van der Waals surface area contributed by atoms with Crippen molar-refractivity contribution in [3.05, 3.63) is 112 Å². The Morgan fingerprint density at radius 1 is 0.975 bits per heavy atom. The predicted octanol–water partition coefficient (Wildman–Crippen LogP) is 6.02. The number of esters is 1. The van der Waals surface area contributed by atoms with Crippen molar-refractivity contribution in [3.8, 4) is 11.3 Å². The molecule has 0 atom stereocenters. The molecule has 1 amide bonds. The van der Waals surface area contributed by atoms with Crippen LogP contribution in [0.3, 0.4) is 0 Å². The van der Waals surface area contributed by atoms with Crippen molar-refractivity contribution < 1.29 is 14.3 Å². The quantitative estimate of drug-likeness (QED) is 0.250. The molecule has 0 unspecified atom stereocenters. The lowest BCUT2D eigenvalue weighted by Gasteiger charge is -2.30. The van der Waals surface area contributed by atoms with Gasteiger partial charge < -0.3 is 4.74 Å². The van der Waals surface area contributed by atoms with E-state index in [4.69, 9.17) is 9.72 Å². The zero-order chi connectivity index (χ0) is 27.5. The first-order valence-corrected chi connectivity index (χ1v) is 14.1. The molecular weight excluding hydrogens is 520 g/mol. The van der Waals surface area contributed by atoms with E-state index in [0.717, 1.165) is 52.9 Å². The number of carbonyl (C=O) groups excluding carboxylic acids is 2. The van der Waals surface area contributed by atoms with E-state index in [0.29, 0.717) is 17.2 Å². The molecule has 3 aromatic carbocycles. The number of ether oxygens (including phenoxy) is 1. The molecule has 0 aliphatic carbocycles. The minimum Gasteiger partial charge on any atom is -0.452 e. The number of para-hydroxylation sites is 1. The molecule has 6 rings (SSSR count). The number of hydrogen-bond acceptors (Lipinski definition) is 7. The fourth-order valence-corrected chi connectivity index (χ4v) is 5.74. The normalized spacial score (nSPS) is 13.1. The van der Waals surface area contributed by atoms with E-state index in [1.54, 1.807) is 0 Å². The van der Waals surface area contributed by atoms with Gasteiger partial charge in [-0.15, -0.1) is 11.3 Å². The number of anilines is 1. The van der Waals surface area contributed by atoms with Gasteiger partial charge in [-0.3, -0.25) is 20.0 Å². The topological polar surface area (TPSA) is 84.4 Å². The molecule has 1 aliphatic heterocycles. The lowest BCUT2D eigenvalue weighted by Crippen LogP contribution is -2.32. The van der Waals surface area contributed by atoms with Crippen molar-refractivity contribution in [2.45, 2.75) is 26.4 Å². The van der Waals surface area contributed by atoms with E-state index >= 15 is 0 Å². The maximum absolute atomic E-state index is 13.5. The molecule has 0 bridgehead atoms. The van der Waals surface area contributed by atoms with Crippen LogP contribution in [0.4, 0.5) is 5.13 Å². The summed E-state index contributed by atoms with van der Waals surface area (Å²) in [7, 11) is 0. The van der Waals surface area contributed by atoms with Gasteiger partial charge in [0.1, 0.15) is 0 Å². The Bertz CT molecular complexity index is 1680. The van der Waals surface area contributed by atoms with Crippen molar-refractivity contribution in [3.63, 3.8) is 0 Å². The van der Waals surface area contributed by atoms with Crippen molar-refractivity contribution in [2.24, 2.45) is 0 Å². The Labute approximate surface area is 236 Å². The Balaban J connectivity index is 1.17. The molecule has 5 aromatic rings. The van der Waals surface area contributed by atoms with Gasteiger partial charge in [0.15, 0.2) is 11.7 Å². The highest BCUT2D eigenvalue weighted by molar-refractivity contribution is 7.14. The third-order valence-electron chi connectivity index (χ3n) is 7.01. The number of nitrogens with zero attached hydrogens (tertiary/aromatic N) is 3. The summed E-state index contributed by atoms with van der Waals surface area (Å²) < 4.78 is 5.57. The second kappa shape index (κ2) is 11.4. The van der Waals surface area contributed by atoms with Gasteiger partial charge in [-0.25, -0.2) is 9.78 Å². The van der Waals surface area contributed by atoms with Crippen LogP contribution in [-0.2, 0) is 29.0 Å². The number of nitrogens with one attached hydrogen (secondary N) is 1. The van der Waals surface area contributed by atoms with Gasteiger partial charge in [-0.1, -0.05) is 78.4 Å². The molecule has 200 valence electrons. The first-order valence-electron chi connectivity index (χ1n) is 13.2. The Kier molecular flexibility index (Phi) is 7.35. The van der Waals surface area contributed by atoms with Crippen LogP contribution in [0, 0.1) is 6.92 Å². The zero-order valence-electron chi connectivity index (χ0n) is 22.1. The van der Waals surface area contributed by atoms with Crippen LogP contribution in [0.15, 0.2) is 84.2 Å². The lowest BCUT2D eigenvalue weighted by atomic mass is 9.95. The highest BCUT2D eigenvalue weighted by atomic mass is 32.1. The molecule has 0 radical (unpaired) electrons. The first-order chi connectivity index (χ1) is 19.5. The van der Waals surface area contributed by atoms with E-state index in [1.165, 1.54) is 22.5 Å². The van der Waals surface area contributed by atoms with Crippen LogP contribution in [0.2, 0.25) is 0 Å². The summed E-state index contributed by atoms with van der Waals surface area (Å²) in [6.45, 7) is 3.84. The number of benzene rings is 3. The molecule has 0 saturated heterocycles. The molecule has 8 heteroatoms. The maximum atomic E-state index is 13.5. The predicted molar refractivity (Wildman–Crippen MR) is 157 cm³/mol. The minimum atomic E-state index is -0.522. The van der Waals surface area contributed by atoms with Crippen LogP contribution in [0.5, 0.6) is 0 Å². The summed E-state index contributed by atoms with van der Waals surface area (Å²) in [5, 5.41) is 5.84. The van der Waals surface area contributed by atoms with Crippen LogP contribution in [0.25, 0.3) is 22.2 Å². The average molecular weight is 549 g/mol. The number of carbonyl (C=O) groups is 2. The van der Waals surface area contributed by atoms with Gasteiger partial charge in [0.2, 0.25) is 0 Å². The Morgan fingerprint density at radius 2 is 1.75 bits per heavy atom. The fourth-order valence-electron chi connectivity index (χ4n) is 5.00. The van der Waals surface area contributed by atoms with Crippen LogP contribution < -0.4 is 5.32 Å². The third kappa shape index (κ3) is 5.64. The summed E-state index contributed by atoms with van der Waals surface area (Å²) in [6.07, 6.45) is 0.737. The van der Waals surface area contributed by atoms with Crippen LogP contribution in [-0.4, -0.2) is 39.9 Å². The Hall–Kier alpha value is -4.40. The van der Waals surface area contributed by atoms with Gasteiger partial charge in [0.25, 0.3) is 5.91 Å². The maximum Gasteiger partial charge on any atom is 0.339 e. The van der Waals surface area contributed by atoms with Gasteiger partial charge >= 0.3 is 5.97 Å². The first kappa shape index (κ1) is 25.9. The molecule has 1 aliphatic rings. The number of fused-ring (bicyclic) bond motifs is 2. The molecular formula is C32H28N4O3S. The summed E-state index contributed by atoms with van der Waals surface area (Å²) in [5.41, 5.74) is 7.16. The summed E-state index contributed by atoms with van der Waals surface area (Å²) in [5.74, 6) is -0.956. The number of pyridine rings is 1. The highest BCUT2D eigenvalue weighted by Gasteiger charge is 2.27. The van der Waals surface area contributed by atoms with Gasteiger partial charge in [0.05, 0.1) is 16.8 Å². The average Bonchev–Trinajstić information content (AvgIpc) is 3.44. The van der Waals surface area contributed by atoms with Crippen molar-refractivity contribution in [1.82, 2.24) is 14.9 Å². The van der Waals surface area contributed by atoms with E-state index < -0.39 is 18.5 Å². The monoisotopic (exact) mass is 548 g/mol. The van der Waals surface area contributed by atoms with Gasteiger partial charge in [-0.2, -0.15) is 0 Å². The Morgan fingerprint density at radius 3 is 2.58 bits per heavy atom. The van der Waals surface area contributed by atoms with E-state index in [1.807, 2.05) is 79.0 Å².